The Kier molecular flexibility index (Phi) is 4.19. The first-order chi connectivity index (χ1) is 12.9. The third-order valence-electron chi connectivity index (χ3n) is 4.28. The van der Waals surface area contributed by atoms with Gasteiger partial charge in [0.15, 0.2) is 5.71 Å². The van der Waals surface area contributed by atoms with Crippen LogP contribution in [-0.4, -0.2) is 24.0 Å². The lowest BCUT2D eigenvalue weighted by atomic mass is 10.0. The number of halogens is 4. The van der Waals surface area contributed by atoms with Gasteiger partial charge in [0.25, 0.3) is 0 Å². The summed E-state index contributed by atoms with van der Waals surface area (Å²) in [4.78, 5) is 8.15. The molecular weight excluding hydrogens is 379 g/mol. The van der Waals surface area contributed by atoms with Gasteiger partial charge in [-0.15, -0.1) is 0 Å². The van der Waals surface area contributed by atoms with Gasteiger partial charge in [0.05, 0.1) is 23.9 Å². The number of aromatic nitrogens is 1. The summed E-state index contributed by atoms with van der Waals surface area (Å²) in [7, 11) is 1.29. The van der Waals surface area contributed by atoms with E-state index < -0.39 is 18.1 Å². The maximum Gasteiger partial charge on any atom is 0.433 e. The summed E-state index contributed by atoms with van der Waals surface area (Å²) in [6.07, 6.45) is -5.58. The monoisotopic (exact) mass is 391 g/mol. The molecule has 1 unspecified atom stereocenters. The molecule has 1 aromatic heterocycles. The van der Waals surface area contributed by atoms with Gasteiger partial charge in [-0.2, -0.15) is 13.2 Å². The van der Waals surface area contributed by atoms with E-state index in [4.69, 9.17) is 16.3 Å². The van der Waals surface area contributed by atoms with Crippen molar-refractivity contribution < 1.29 is 17.9 Å². The summed E-state index contributed by atoms with van der Waals surface area (Å²) >= 11 is 5.89. The zero-order chi connectivity index (χ0) is 19.2. The predicted octanol–water partition coefficient (Wildman–Crippen LogP) is 5.37. The van der Waals surface area contributed by atoms with Gasteiger partial charge < -0.3 is 10.1 Å². The van der Waals surface area contributed by atoms with E-state index in [0.717, 1.165) is 0 Å². The minimum Gasteiger partial charge on any atom is -0.480 e. The lowest BCUT2D eigenvalue weighted by Gasteiger charge is -2.28. The van der Waals surface area contributed by atoms with Crippen LogP contribution >= 0.6 is 11.6 Å². The maximum atomic E-state index is 13.8. The number of methoxy groups -OCH3 is 1. The molecule has 2 aromatic carbocycles. The first-order valence-electron chi connectivity index (χ1n) is 8.02. The molecule has 2 heterocycles. The smallest absolute Gasteiger partial charge is 0.433 e. The van der Waals surface area contributed by atoms with Crippen LogP contribution in [-0.2, 0) is 0 Å². The van der Waals surface area contributed by atoms with Crippen molar-refractivity contribution in [2.75, 3.05) is 12.4 Å². The quantitative estimate of drug-likeness (QED) is 0.638. The minimum absolute atomic E-state index is 0.123. The molecule has 138 valence electrons. The molecule has 0 saturated carbocycles. The van der Waals surface area contributed by atoms with Crippen molar-refractivity contribution in [3.05, 3.63) is 64.7 Å². The Morgan fingerprint density at radius 3 is 2.44 bits per heavy atom. The average Bonchev–Trinajstić information content (AvgIpc) is 2.66. The van der Waals surface area contributed by atoms with Gasteiger partial charge >= 0.3 is 6.18 Å². The number of ether oxygens (including phenoxy) is 1. The Labute approximate surface area is 157 Å². The molecule has 0 aliphatic carbocycles. The van der Waals surface area contributed by atoms with Crippen LogP contribution in [0.5, 0.6) is 5.88 Å². The second kappa shape index (κ2) is 6.42. The largest absolute Gasteiger partial charge is 0.480 e. The lowest BCUT2D eigenvalue weighted by Crippen LogP contribution is -2.31. The number of aliphatic imine (C=N–C) groups is 1. The standard InChI is InChI=1S/C19H13ClF3N3O/c1-27-18-14-15(12-4-2-3-5-13(12)24-18)25-17(26-16(14)19(21,22)23)10-6-8-11(20)9-7-10/h2-9,17,25H,1H3. The fourth-order valence-electron chi connectivity index (χ4n) is 3.09. The summed E-state index contributed by atoms with van der Waals surface area (Å²) in [5.41, 5.74) is 0.172. The predicted molar refractivity (Wildman–Crippen MR) is 98.7 cm³/mol. The number of nitrogens with zero attached hydrogens (tertiary/aromatic N) is 2. The van der Waals surface area contributed by atoms with Crippen molar-refractivity contribution in [2.45, 2.75) is 12.3 Å². The Morgan fingerprint density at radius 2 is 1.78 bits per heavy atom. The van der Waals surface area contributed by atoms with E-state index in [1.807, 2.05) is 0 Å². The average molecular weight is 392 g/mol. The van der Waals surface area contributed by atoms with Gasteiger partial charge in [-0.05, 0) is 23.8 Å². The molecule has 1 aliphatic heterocycles. The highest BCUT2D eigenvalue weighted by Crippen LogP contribution is 2.42. The molecule has 1 atom stereocenters. The second-order valence-electron chi connectivity index (χ2n) is 5.96. The molecule has 0 amide bonds. The Morgan fingerprint density at radius 1 is 1.07 bits per heavy atom. The first-order valence-corrected chi connectivity index (χ1v) is 8.40. The highest BCUT2D eigenvalue weighted by atomic mass is 35.5. The van der Waals surface area contributed by atoms with Crippen molar-refractivity contribution >= 4 is 33.9 Å². The number of benzene rings is 2. The van der Waals surface area contributed by atoms with Gasteiger partial charge in [-0.1, -0.05) is 41.9 Å². The Bertz CT molecular complexity index is 1050. The number of pyridine rings is 1. The van der Waals surface area contributed by atoms with Gasteiger partial charge in [0, 0.05) is 10.4 Å². The molecule has 1 N–H and O–H groups in total. The van der Waals surface area contributed by atoms with Crippen LogP contribution < -0.4 is 10.1 Å². The highest BCUT2D eigenvalue weighted by Gasteiger charge is 2.43. The number of alkyl halides is 3. The van der Waals surface area contributed by atoms with Gasteiger partial charge in [-0.3, -0.25) is 4.99 Å². The summed E-state index contributed by atoms with van der Waals surface area (Å²) < 4.78 is 46.6. The molecule has 0 radical (unpaired) electrons. The molecule has 0 saturated heterocycles. The van der Waals surface area contributed by atoms with Crippen LogP contribution in [0.1, 0.15) is 17.3 Å². The van der Waals surface area contributed by atoms with Crippen LogP contribution in [0.3, 0.4) is 0 Å². The Hall–Kier alpha value is -2.80. The van der Waals surface area contributed by atoms with E-state index in [1.54, 1.807) is 48.5 Å². The van der Waals surface area contributed by atoms with Crippen LogP contribution in [0.2, 0.25) is 5.02 Å². The lowest BCUT2D eigenvalue weighted by molar-refractivity contribution is -0.0586. The van der Waals surface area contributed by atoms with Crippen LogP contribution in [0.4, 0.5) is 18.9 Å². The zero-order valence-electron chi connectivity index (χ0n) is 14.0. The van der Waals surface area contributed by atoms with Gasteiger partial charge in [0.2, 0.25) is 5.88 Å². The fourth-order valence-corrected chi connectivity index (χ4v) is 3.21. The van der Waals surface area contributed by atoms with Crippen molar-refractivity contribution in [2.24, 2.45) is 4.99 Å². The zero-order valence-corrected chi connectivity index (χ0v) is 14.8. The molecule has 1 aliphatic rings. The van der Waals surface area contributed by atoms with E-state index in [9.17, 15) is 13.2 Å². The molecule has 4 rings (SSSR count). The Balaban J connectivity index is 1.99. The van der Waals surface area contributed by atoms with Crippen LogP contribution in [0, 0.1) is 0 Å². The number of fused-ring (bicyclic) bond motifs is 3. The van der Waals surface area contributed by atoms with Crippen molar-refractivity contribution in [3.8, 4) is 5.88 Å². The molecule has 3 aromatic rings. The van der Waals surface area contributed by atoms with Gasteiger partial charge in [0.1, 0.15) is 6.17 Å². The molecule has 8 heteroatoms. The van der Waals surface area contributed by atoms with Crippen LogP contribution in [0.15, 0.2) is 53.5 Å². The topological polar surface area (TPSA) is 46.5 Å². The number of para-hydroxylation sites is 1. The number of rotatable bonds is 2. The van der Waals surface area contributed by atoms with Crippen LogP contribution in [0.25, 0.3) is 10.9 Å². The molecule has 0 bridgehead atoms. The fraction of sp³-hybridized carbons (Fsp3) is 0.158. The van der Waals surface area contributed by atoms with E-state index in [-0.39, 0.29) is 11.4 Å². The summed E-state index contributed by atoms with van der Waals surface area (Å²) in [6, 6.07) is 13.5. The van der Waals surface area contributed by atoms with E-state index in [2.05, 4.69) is 15.3 Å². The molecule has 27 heavy (non-hydrogen) atoms. The molecule has 4 nitrogen and oxygen atoms in total. The van der Waals surface area contributed by atoms with E-state index in [0.29, 0.717) is 27.2 Å². The highest BCUT2D eigenvalue weighted by molar-refractivity contribution is 6.30. The summed E-state index contributed by atoms with van der Waals surface area (Å²) in [6.45, 7) is 0. The number of hydrogen-bond acceptors (Lipinski definition) is 4. The number of hydrogen-bond donors (Lipinski definition) is 1. The number of nitrogens with one attached hydrogen (secondary N) is 1. The molecule has 0 spiro atoms. The second-order valence-corrected chi connectivity index (χ2v) is 6.40. The summed E-state index contributed by atoms with van der Waals surface area (Å²) in [5, 5.41) is 4.15. The molecular formula is C19H13ClF3N3O. The van der Waals surface area contributed by atoms with Crippen molar-refractivity contribution in [3.63, 3.8) is 0 Å². The first kappa shape index (κ1) is 17.6. The van der Waals surface area contributed by atoms with Crippen molar-refractivity contribution in [1.29, 1.82) is 0 Å². The van der Waals surface area contributed by atoms with E-state index in [1.165, 1.54) is 7.11 Å². The third kappa shape index (κ3) is 3.08. The van der Waals surface area contributed by atoms with Crippen molar-refractivity contribution in [1.82, 2.24) is 4.98 Å². The minimum atomic E-state index is -4.67. The third-order valence-corrected chi connectivity index (χ3v) is 4.53. The number of anilines is 1. The molecule has 0 fully saturated rings. The summed E-state index contributed by atoms with van der Waals surface area (Å²) in [5.74, 6) is -0.123. The van der Waals surface area contributed by atoms with Gasteiger partial charge in [-0.25, -0.2) is 4.98 Å². The van der Waals surface area contributed by atoms with E-state index >= 15 is 0 Å². The normalized spacial score (nSPS) is 16.5. The SMILES string of the molecule is COc1nc2ccccc2c2c1C(C(F)(F)F)=NC(c1ccc(Cl)cc1)N2. The maximum absolute atomic E-state index is 13.8.